The number of carbonyl (C=O) groups excluding carboxylic acids is 2. The molecule has 28 heavy (non-hydrogen) atoms. The molecule has 0 unspecified atom stereocenters. The molecule has 5 heteroatoms. The molecule has 0 saturated carbocycles. The van der Waals surface area contributed by atoms with Gasteiger partial charge in [-0.25, -0.2) is 0 Å². The number of benzene rings is 2. The predicted molar refractivity (Wildman–Crippen MR) is 111 cm³/mol. The van der Waals surface area contributed by atoms with Gasteiger partial charge in [-0.05, 0) is 68.1 Å². The van der Waals surface area contributed by atoms with Crippen molar-refractivity contribution in [3.8, 4) is 0 Å². The summed E-state index contributed by atoms with van der Waals surface area (Å²) in [6.45, 7) is 1.13. The number of nitrogens with zero attached hydrogens (tertiary/aromatic N) is 2. The minimum atomic E-state index is -0.0180. The number of amides is 2. The van der Waals surface area contributed by atoms with Crippen molar-refractivity contribution in [2.45, 2.75) is 38.1 Å². The van der Waals surface area contributed by atoms with E-state index in [1.807, 2.05) is 31.3 Å². The first-order valence-electron chi connectivity index (χ1n) is 10.1. The van der Waals surface area contributed by atoms with Gasteiger partial charge in [0.25, 0.3) is 0 Å². The summed E-state index contributed by atoms with van der Waals surface area (Å²) in [5.74, 6) is 0.154. The van der Waals surface area contributed by atoms with E-state index in [0.29, 0.717) is 19.0 Å². The highest BCUT2D eigenvalue weighted by molar-refractivity contribution is 5.96. The van der Waals surface area contributed by atoms with Gasteiger partial charge in [0.05, 0.1) is 6.54 Å². The van der Waals surface area contributed by atoms with Crippen LogP contribution < -0.4 is 10.2 Å². The summed E-state index contributed by atoms with van der Waals surface area (Å²) < 4.78 is 0. The summed E-state index contributed by atoms with van der Waals surface area (Å²) in [6, 6.07) is 16.4. The first-order valence-corrected chi connectivity index (χ1v) is 10.1. The maximum atomic E-state index is 12.6. The summed E-state index contributed by atoms with van der Waals surface area (Å²) in [7, 11) is 2.02. The summed E-state index contributed by atoms with van der Waals surface area (Å²) in [5, 5.41) is 2.98. The molecule has 1 saturated heterocycles. The Morgan fingerprint density at radius 3 is 2.64 bits per heavy atom. The van der Waals surface area contributed by atoms with Gasteiger partial charge in [-0.2, -0.15) is 0 Å². The normalized spacial score (nSPS) is 19.0. The van der Waals surface area contributed by atoms with Crippen LogP contribution in [0.15, 0.2) is 48.5 Å². The molecule has 146 valence electrons. The number of carbonyl (C=O) groups is 2. The van der Waals surface area contributed by atoms with Crippen LogP contribution in [0.1, 0.15) is 42.9 Å². The quantitative estimate of drug-likeness (QED) is 0.863. The minimum absolute atomic E-state index is 0.0180. The summed E-state index contributed by atoms with van der Waals surface area (Å²) in [6.07, 6.45) is 4.89. The summed E-state index contributed by atoms with van der Waals surface area (Å²) in [4.78, 5) is 28.3. The average molecular weight is 377 g/mol. The molecule has 1 atom stereocenters. The number of rotatable bonds is 5. The largest absolute Gasteiger partial charge is 0.325 e. The van der Waals surface area contributed by atoms with Gasteiger partial charge < -0.3 is 10.2 Å². The fourth-order valence-corrected chi connectivity index (χ4v) is 4.37. The van der Waals surface area contributed by atoms with E-state index in [1.165, 1.54) is 11.1 Å². The van der Waals surface area contributed by atoms with E-state index in [1.54, 1.807) is 4.90 Å². The molecule has 4 rings (SSSR count). The monoisotopic (exact) mass is 377 g/mol. The van der Waals surface area contributed by atoms with E-state index in [-0.39, 0.29) is 11.8 Å². The van der Waals surface area contributed by atoms with E-state index < -0.39 is 0 Å². The topological polar surface area (TPSA) is 52.7 Å². The van der Waals surface area contributed by atoms with Crippen LogP contribution >= 0.6 is 0 Å². The number of fused-ring (bicyclic) bond motifs is 1. The fraction of sp³-hybridized carbons (Fsp3) is 0.391. The zero-order chi connectivity index (χ0) is 19.5. The van der Waals surface area contributed by atoms with Crippen molar-refractivity contribution < 1.29 is 9.59 Å². The Bertz CT molecular complexity index is 862. The van der Waals surface area contributed by atoms with Crippen LogP contribution in [0.2, 0.25) is 0 Å². The molecule has 2 aromatic carbocycles. The van der Waals surface area contributed by atoms with Crippen molar-refractivity contribution >= 4 is 23.2 Å². The number of anilines is 2. The second-order valence-electron chi connectivity index (χ2n) is 7.77. The van der Waals surface area contributed by atoms with Crippen molar-refractivity contribution in [3.05, 3.63) is 59.7 Å². The Morgan fingerprint density at radius 1 is 1.11 bits per heavy atom. The maximum absolute atomic E-state index is 12.6. The molecule has 1 aliphatic carbocycles. The molecule has 0 spiro atoms. The highest BCUT2D eigenvalue weighted by Gasteiger charge is 2.25. The van der Waals surface area contributed by atoms with E-state index in [4.69, 9.17) is 0 Å². The molecule has 5 nitrogen and oxygen atoms in total. The third kappa shape index (κ3) is 3.94. The van der Waals surface area contributed by atoms with E-state index in [2.05, 4.69) is 34.5 Å². The zero-order valence-electron chi connectivity index (χ0n) is 16.4. The second-order valence-corrected chi connectivity index (χ2v) is 7.77. The second kappa shape index (κ2) is 8.15. The summed E-state index contributed by atoms with van der Waals surface area (Å²) >= 11 is 0. The molecule has 2 aromatic rings. The van der Waals surface area contributed by atoms with Crippen molar-refractivity contribution in [2.24, 2.45) is 0 Å². The van der Waals surface area contributed by atoms with Crippen LogP contribution in [0.3, 0.4) is 0 Å². The smallest absolute Gasteiger partial charge is 0.238 e. The lowest BCUT2D eigenvalue weighted by atomic mass is 9.87. The number of hydrogen-bond acceptors (Lipinski definition) is 3. The van der Waals surface area contributed by atoms with Gasteiger partial charge in [0.15, 0.2) is 0 Å². The van der Waals surface area contributed by atoms with Crippen LogP contribution in [0, 0.1) is 0 Å². The molecule has 0 radical (unpaired) electrons. The molecule has 1 heterocycles. The Balaban J connectivity index is 1.36. The molecule has 1 N–H and O–H groups in total. The minimum Gasteiger partial charge on any atom is -0.325 e. The van der Waals surface area contributed by atoms with Crippen molar-refractivity contribution in [1.29, 1.82) is 0 Å². The van der Waals surface area contributed by atoms with Crippen molar-refractivity contribution in [2.75, 3.05) is 30.4 Å². The van der Waals surface area contributed by atoms with Crippen LogP contribution in [-0.4, -0.2) is 36.9 Å². The van der Waals surface area contributed by atoms with E-state index >= 15 is 0 Å². The number of likely N-dealkylation sites (N-methyl/N-ethyl adjacent to an activating group) is 1. The molecule has 0 aromatic heterocycles. The van der Waals surface area contributed by atoms with Gasteiger partial charge in [-0.15, -0.1) is 0 Å². The number of aryl methyl sites for hydroxylation is 1. The molecule has 1 fully saturated rings. The SMILES string of the molecule is CN(CC(=O)Nc1ccc(N2CCCC2=O)cc1)[C@@H]1CCCc2ccccc21. The molecule has 1 aliphatic heterocycles. The predicted octanol–water partition coefficient (Wildman–Crippen LogP) is 3.76. The number of hydrogen-bond donors (Lipinski definition) is 1. The third-order valence-corrected chi connectivity index (χ3v) is 5.80. The molecular weight excluding hydrogens is 350 g/mol. The van der Waals surface area contributed by atoms with Crippen LogP contribution in [0.4, 0.5) is 11.4 Å². The molecule has 2 aliphatic rings. The van der Waals surface area contributed by atoms with Gasteiger partial charge in [0, 0.05) is 30.4 Å². The highest BCUT2D eigenvalue weighted by Crippen LogP contribution is 2.33. The Kier molecular flexibility index (Phi) is 5.44. The van der Waals surface area contributed by atoms with E-state index in [9.17, 15) is 9.59 Å². The Hall–Kier alpha value is -2.66. The van der Waals surface area contributed by atoms with Gasteiger partial charge >= 0.3 is 0 Å². The third-order valence-electron chi connectivity index (χ3n) is 5.80. The Morgan fingerprint density at radius 2 is 1.89 bits per heavy atom. The lowest BCUT2D eigenvalue weighted by Gasteiger charge is -2.32. The fourth-order valence-electron chi connectivity index (χ4n) is 4.37. The standard InChI is InChI=1S/C23H27N3O2/c1-25(21-9-4-7-17-6-2-3-8-20(17)21)16-22(27)24-18-11-13-19(14-12-18)26-15-5-10-23(26)28/h2-3,6,8,11-14,21H,4-5,7,9-10,15-16H2,1H3,(H,24,27)/t21-/m1/s1. The lowest BCUT2D eigenvalue weighted by molar-refractivity contribution is -0.118. The van der Waals surface area contributed by atoms with Gasteiger partial charge in [0.2, 0.25) is 11.8 Å². The average Bonchev–Trinajstić information content (AvgIpc) is 3.14. The first kappa shape index (κ1) is 18.7. The van der Waals surface area contributed by atoms with Crippen molar-refractivity contribution in [1.82, 2.24) is 4.90 Å². The maximum Gasteiger partial charge on any atom is 0.238 e. The molecule has 2 amide bonds. The van der Waals surface area contributed by atoms with Gasteiger partial charge in [-0.1, -0.05) is 24.3 Å². The van der Waals surface area contributed by atoms with Crippen LogP contribution in [0.25, 0.3) is 0 Å². The summed E-state index contributed by atoms with van der Waals surface area (Å²) in [5.41, 5.74) is 4.41. The highest BCUT2D eigenvalue weighted by atomic mass is 16.2. The van der Waals surface area contributed by atoms with Crippen LogP contribution in [0.5, 0.6) is 0 Å². The number of nitrogens with one attached hydrogen (secondary N) is 1. The van der Waals surface area contributed by atoms with Gasteiger partial charge in [0.1, 0.15) is 0 Å². The molecular formula is C23H27N3O2. The van der Waals surface area contributed by atoms with Gasteiger partial charge in [-0.3, -0.25) is 14.5 Å². The zero-order valence-corrected chi connectivity index (χ0v) is 16.4. The van der Waals surface area contributed by atoms with Crippen molar-refractivity contribution in [3.63, 3.8) is 0 Å². The van der Waals surface area contributed by atoms with E-state index in [0.717, 1.165) is 43.6 Å². The lowest BCUT2D eigenvalue weighted by Crippen LogP contribution is -2.34. The molecule has 0 bridgehead atoms. The first-order chi connectivity index (χ1) is 13.6. The Labute approximate surface area is 166 Å². The van der Waals surface area contributed by atoms with Crippen LogP contribution in [-0.2, 0) is 16.0 Å².